The summed E-state index contributed by atoms with van der Waals surface area (Å²) in [4.78, 5) is 24.4. The van der Waals surface area contributed by atoms with Gasteiger partial charge in [-0.05, 0) is 35.9 Å². The second-order valence-corrected chi connectivity index (χ2v) is 6.07. The molecule has 3 rings (SSSR count). The van der Waals surface area contributed by atoms with Gasteiger partial charge in [-0.25, -0.2) is 0 Å². The van der Waals surface area contributed by atoms with E-state index in [1.807, 2.05) is 30.3 Å². The summed E-state index contributed by atoms with van der Waals surface area (Å²) in [7, 11) is 1.48. The van der Waals surface area contributed by atoms with E-state index in [-0.39, 0.29) is 16.9 Å². The van der Waals surface area contributed by atoms with E-state index in [9.17, 15) is 14.7 Å². The molecule has 0 radical (unpaired) electrons. The molecular weight excluding hydrogens is 372 g/mol. The van der Waals surface area contributed by atoms with Gasteiger partial charge in [0.1, 0.15) is 12.4 Å². The number of methoxy groups -OCH3 is 1. The standard InChI is InChI=1S/C22H20N2O5/c1-28-20-13-16(11-12-19(20)29-14-15-7-3-2-4-8-15)21(26)23-24-22(27)17-9-5-6-10-18(17)25/h2-13,25H,14H2,1H3,(H,23,26)(H,24,27). The Bertz CT molecular complexity index is 1010. The van der Waals surface area contributed by atoms with Gasteiger partial charge in [-0.2, -0.15) is 0 Å². The van der Waals surface area contributed by atoms with Gasteiger partial charge in [-0.15, -0.1) is 0 Å². The maximum Gasteiger partial charge on any atom is 0.273 e. The SMILES string of the molecule is COc1cc(C(=O)NNC(=O)c2ccccc2O)ccc1OCc1ccccc1. The zero-order valence-electron chi connectivity index (χ0n) is 15.7. The number of para-hydroxylation sites is 1. The Hall–Kier alpha value is -4.00. The largest absolute Gasteiger partial charge is 0.507 e. The number of carbonyl (C=O) groups is 2. The minimum atomic E-state index is -0.633. The molecule has 0 spiro atoms. The molecule has 148 valence electrons. The molecule has 0 saturated carbocycles. The van der Waals surface area contributed by atoms with E-state index >= 15 is 0 Å². The van der Waals surface area contributed by atoms with Gasteiger partial charge < -0.3 is 14.6 Å². The molecule has 0 aromatic heterocycles. The fourth-order valence-electron chi connectivity index (χ4n) is 2.58. The van der Waals surface area contributed by atoms with E-state index in [0.29, 0.717) is 18.1 Å². The molecule has 0 fully saturated rings. The van der Waals surface area contributed by atoms with Crippen molar-refractivity contribution < 1.29 is 24.2 Å². The summed E-state index contributed by atoms with van der Waals surface area (Å²) in [5.74, 6) is -0.472. The molecule has 0 heterocycles. The van der Waals surface area contributed by atoms with Crippen LogP contribution in [0.1, 0.15) is 26.3 Å². The highest BCUT2D eigenvalue weighted by atomic mass is 16.5. The third-order valence-electron chi connectivity index (χ3n) is 4.10. The zero-order chi connectivity index (χ0) is 20.6. The van der Waals surface area contributed by atoms with Crippen molar-refractivity contribution in [3.8, 4) is 17.2 Å². The zero-order valence-corrected chi connectivity index (χ0v) is 15.7. The van der Waals surface area contributed by atoms with Crippen LogP contribution in [0.15, 0.2) is 72.8 Å². The molecule has 3 aromatic carbocycles. The normalized spacial score (nSPS) is 10.1. The number of amides is 2. The molecule has 0 bridgehead atoms. The molecule has 0 aliphatic rings. The van der Waals surface area contributed by atoms with Crippen LogP contribution in [0.25, 0.3) is 0 Å². The van der Waals surface area contributed by atoms with Crippen molar-refractivity contribution in [3.63, 3.8) is 0 Å². The highest BCUT2D eigenvalue weighted by Crippen LogP contribution is 2.28. The Morgan fingerprint density at radius 1 is 0.862 bits per heavy atom. The van der Waals surface area contributed by atoms with E-state index in [1.165, 1.54) is 25.3 Å². The first-order valence-corrected chi connectivity index (χ1v) is 8.82. The highest BCUT2D eigenvalue weighted by Gasteiger charge is 2.14. The van der Waals surface area contributed by atoms with Gasteiger partial charge in [0.05, 0.1) is 12.7 Å². The highest BCUT2D eigenvalue weighted by molar-refractivity contribution is 6.00. The molecule has 2 amide bonds. The van der Waals surface area contributed by atoms with E-state index in [1.54, 1.807) is 24.3 Å². The number of rotatable bonds is 6. The van der Waals surface area contributed by atoms with Gasteiger partial charge in [-0.3, -0.25) is 20.4 Å². The van der Waals surface area contributed by atoms with E-state index < -0.39 is 11.8 Å². The molecule has 29 heavy (non-hydrogen) atoms. The first-order chi connectivity index (χ1) is 14.1. The van der Waals surface area contributed by atoms with Crippen LogP contribution < -0.4 is 20.3 Å². The van der Waals surface area contributed by atoms with Crippen molar-refractivity contribution in [1.82, 2.24) is 10.9 Å². The van der Waals surface area contributed by atoms with Crippen molar-refractivity contribution in [2.45, 2.75) is 6.61 Å². The molecule has 0 aliphatic carbocycles. The van der Waals surface area contributed by atoms with Crippen LogP contribution in [0, 0.1) is 0 Å². The van der Waals surface area contributed by atoms with E-state index in [4.69, 9.17) is 9.47 Å². The van der Waals surface area contributed by atoms with Crippen LogP contribution in [0.4, 0.5) is 0 Å². The van der Waals surface area contributed by atoms with Crippen LogP contribution >= 0.6 is 0 Å². The van der Waals surface area contributed by atoms with Gasteiger partial charge in [0.25, 0.3) is 11.8 Å². The number of aromatic hydroxyl groups is 1. The lowest BCUT2D eigenvalue weighted by molar-refractivity contribution is 0.0845. The average molecular weight is 392 g/mol. The van der Waals surface area contributed by atoms with Crippen LogP contribution in [-0.4, -0.2) is 24.0 Å². The van der Waals surface area contributed by atoms with E-state index in [2.05, 4.69) is 10.9 Å². The second kappa shape index (κ2) is 9.27. The Kier molecular flexibility index (Phi) is 6.32. The van der Waals surface area contributed by atoms with Crippen molar-refractivity contribution in [2.24, 2.45) is 0 Å². The average Bonchev–Trinajstić information content (AvgIpc) is 2.76. The number of hydrazine groups is 1. The third-order valence-corrected chi connectivity index (χ3v) is 4.10. The maximum atomic E-state index is 12.3. The van der Waals surface area contributed by atoms with Gasteiger partial charge in [0.2, 0.25) is 0 Å². The summed E-state index contributed by atoms with van der Waals surface area (Å²) in [6, 6.07) is 20.4. The Labute approximate surface area is 167 Å². The Morgan fingerprint density at radius 2 is 1.55 bits per heavy atom. The first-order valence-electron chi connectivity index (χ1n) is 8.82. The predicted molar refractivity (Wildman–Crippen MR) is 107 cm³/mol. The maximum absolute atomic E-state index is 12.3. The van der Waals surface area contributed by atoms with Crippen molar-refractivity contribution in [2.75, 3.05) is 7.11 Å². The first kappa shape index (κ1) is 19.8. The number of nitrogens with one attached hydrogen (secondary N) is 2. The number of hydrogen-bond donors (Lipinski definition) is 3. The van der Waals surface area contributed by atoms with Gasteiger partial charge in [-0.1, -0.05) is 42.5 Å². The fraction of sp³-hybridized carbons (Fsp3) is 0.0909. The predicted octanol–water partition coefficient (Wildman–Crippen LogP) is 3.05. The molecule has 0 saturated heterocycles. The minimum Gasteiger partial charge on any atom is -0.507 e. The van der Waals surface area contributed by atoms with Crippen LogP contribution in [0.3, 0.4) is 0 Å². The van der Waals surface area contributed by atoms with Crippen molar-refractivity contribution in [1.29, 1.82) is 0 Å². The molecule has 0 unspecified atom stereocenters. The second-order valence-electron chi connectivity index (χ2n) is 6.07. The van der Waals surface area contributed by atoms with Crippen LogP contribution in [0.5, 0.6) is 17.2 Å². The molecule has 3 aromatic rings. The number of carbonyl (C=O) groups excluding carboxylic acids is 2. The number of hydrogen-bond acceptors (Lipinski definition) is 5. The molecule has 0 atom stereocenters. The number of ether oxygens (including phenoxy) is 2. The summed E-state index contributed by atoms with van der Waals surface area (Å²) in [6.45, 7) is 0.360. The molecular formula is C22H20N2O5. The van der Waals surface area contributed by atoms with Crippen LogP contribution in [0.2, 0.25) is 0 Å². The lowest BCUT2D eigenvalue weighted by Gasteiger charge is -2.13. The van der Waals surface area contributed by atoms with Crippen molar-refractivity contribution in [3.05, 3.63) is 89.5 Å². The Balaban J connectivity index is 1.63. The fourth-order valence-corrected chi connectivity index (χ4v) is 2.58. The molecule has 3 N–H and O–H groups in total. The van der Waals surface area contributed by atoms with E-state index in [0.717, 1.165) is 5.56 Å². The molecule has 7 nitrogen and oxygen atoms in total. The number of phenolic OH excluding ortho intramolecular Hbond substituents is 1. The monoisotopic (exact) mass is 392 g/mol. The molecule has 0 aliphatic heterocycles. The molecule has 7 heteroatoms. The topological polar surface area (TPSA) is 96.9 Å². The van der Waals surface area contributed by atoms with Gasteiger partial charge in [0.15, 0.2) is 11.5 Å². The lowest BCUT2D eigenvalue weighted by atomic mass is 10.2. The quantitative estimate of drug-likeness (QED) is 0.560. The Morgan fingerprint density at radius 3 is 2.28 bits per heavy atom. The smallest absolute Gasteiger partial charge is 0.273 e. The minimum absolute atomic E-state index is 0.0510. The third kappa shape index (κ3) is 5.04. The summed E-state index contributed by atoms with van der Waals surface area (Å²) in [6.07, 6.45) is 0. The lowest BCUT2D eigenvalue weighted by Crippen LogP contribution is -2.41. The van der Waals surface area contributed by atoms with Gasteiger partial charge in [0, 0.05) is 5.56 Å². The summed E-state index contributed by atoms with van der Waals surface area (Å²) in [5, 5.41) is 9.69. The van der Waals surface area contributed by atoms with Crippen LogP contribution in [-0.2, 0) is 6.61 Å². The van der Waals surface area contributed by atoms with Gasteiger partial charge >= 0.3 is 0 Å². The number of benzene rings is 3. The summed E-state index contributed by atoms with van der Waals surface area (Å²) >= 11 is 0. The number of phenols is 1. The summed E-state index contributed by atoms with van der Waals surface area (Å²) in [5.41, 5.74) is 5.90. The van der Waals surface area contributed by atoms with Crippen molar-refractivity contribution >= 4 is 11.8 Å². The summed E-state index contributed by atoms with van der Waals surface area (Å²) < 4.78 is 11.1.